The molecule has 2 aromatic rings. The van der Waals surface area contributed by atoms with Gasteiger partial charge < -0.3 is 25.4 Å². The van der Waals surface area contributed by atoms with Crippen molar-refractivity contribution >= 4 is 11.7 Å². The van der Waals surface area contributed by atoms with Crippen LogP contribution in [-0.2, 0) is 0 Å². The number of rotatable bonds is 6. The fourth-order valence-electron chi connectivity index (χ4n) is 3.55. The van der Waals surface area contributed by atoms with Crippen LogP contribution in [0.5, 0.6) is 5.75 Å². The van der Waals surface area contributed by atoms with Crippen molar-refractivity contribution in [3.63, 3.8) is 0 Å². The topological polar surface area (TPSA) is 73.8 Å². The molecule has 1 aliphatic rings. The zero-order valence-corrected chi connectivity index (χ0v) is 16.8. The van der Waals surface area contributed by atoms with Crippen molar-refractivity contribution in [1.82, 2.24) is 10.6 Å². The van der Waals surface area contributed by atoms with Gasteiger partial charge in [0.05, 0.1) is 18.9 Å². The number of hydrogen-bond donors (Lipinski definition) is 3. The smallest absolute Gasteiger partial charge is 0.315 e. The van der Waals surface area contributed by atoms with Gasteiger partial charge in [0.1, 0.15) is 11.6 Å². The second kappa shape index (κ2) is 9.60. The first-order valence-corrected chi connectivity index (χ1v) is 9.83. The van der Waals surface area contributed by atoms with Gasteiger partial charge in [-0.3, -0.25) is 0 Å². The summed E-state index contributed by atoms with van der Waals surface area (Å²) in [5.74, 6) is 0.460. The normalized spacial score (nSPS) is 17.5. The Balaban J connectivity index is 1.50. The average Bonchev–Trinajstić information content (AvgIpc) is 2.74. The van der Waals surface area contributed by atoms with Crippen LogP contribution in [0.3, 0.4) is 0 Å². The minimum absolute atomic E-state index is 0.0817. The Morgan fingerprint density at radius 3 is 2.79 bits per heavy atom. The monoisotopic (exact) mass is 401 g/mol. The lowest BCUT2D eigenvalue weighted by molar-refractivity contribution is 0.172. The highest BCUT2D eigenvalue weighted by atomic mass is 19.1. The van der Waals surface area contributed by atoms with Gasteiger partial charge in [0, 0.05) is 25.7 Å². The minimum Gasteiger partial charge on any atom is -0.497 e. The number of ether oxygens (including phenoxy) is 1. The molecule has 1 fully saturated rings. The van der Waals surface area contributed by atoms with Gasteiger partial charge in [-0.25, -0.2) is 9.18 Å². The molecule has 0 aliphatic carbocycles. The summed E-state index contributed by atoms with van der Waals surface area (Å²) in [7, 11) is 1.58. The summed E-state index contributed by atoms with van der Waals surface area (Å²) in [6.45, 7) is 3.34. The van der Waals surface area contributed by atoms with Crippen molar-refractivity contribution in [2.45, 2.75) is 31.9 Å². The van der Waals surface area contributed by atoms with Crippen molar-refractivity contribution in [3.05, 3.63) is 59.4 Å². The van der Waals surface area contributed by atoms with Gasteiger partial charge >= 0.3 is 6.03 Å². The molecule has 0 saturated carbocycles. The van der Waals surface area contributed by atoms with Crippen LogP contribution in [0.1, 0.15) is 30.1 Å². The Morgan fingerprint density at radius 1 is 1.31 bits per heavy atom. The van der Waals surface area contributed by atoms with Gasteiger partial charge in [0.2, 0.25) is 0 Å². The van der Waals surface area contributed by atoms with Crippen molar-refractivity contribution in [1.29, 1.82) is 0 Å². The predicted molar refractivity (Wildman–Crippen MR) is 111 cm³/mol. The van der Waals surface area contributed by atoms with Gasteiger partial charge in [0.15, 0.2) is 0 Å². The maximum Gasteiger partial charge on any atom is 0.315 e. The Labute approximate surface area is 170 Å². The quantitative estimate of drug-likeness (QED) is 0.695. The summed E-state index contributed by atoms with van der Waals surface area (Å²) in [5.41, 5.74) is 2.28. The first-order chi connectivity index (χ1) is 14.0. The number of aryl methyl sites for hydroxylation is 1. The number of piperidine rings is 1. The van der Waals surface area contributed by atoms with E-state index >= 15 is 0 Å². The van der Waals surface area contributed by atoms with Crippen molar-refractivity contribution in [2.24, 2.45) is 0 Å². The first-order valence-electron chi connectivity index (χ1n) is 9.83. The largest absolute Gasteiger partial charge is 0.497 e. The van der Waals surface area contributed by atoms with Crippen LogP contribution in [0.25, 0.3) is 0 Å². The summed E-state index contributed by atoms with van der Waals surface area (Å²) >= 11 is 0. The Morgan fingerprint density at radius 2 is 2.07 bits per heavy atom. The molecule has 29 heavy (non-hydrogen) atoms. The maximum absolute atomic E-state index is 14.2. The Kier molecular flexibility index (Phi) is 6.93. The van der Waals surface area contributed by atoms with Gasteiger partial charge in [-0.05, 0) is 55.2 Å². The number of anilines is 1. The van der Waals surface area contributed by atoms with Crippen molar-refractivity contribution in [3.8, 4) is 5.75 Å². The molecule has 0 spiro atoms. The molecule has 1 heterocycles. The number of nitrogens with one attached hydrogen (secondary N) is 2. The molecular weight excluding hydrogens is 373 g/mol. The number of carbonyl (C=O) groups excluding carboxylic acids is 1. The standard InChI is InChI=1S/C22H28FN3O3/c1-15-5-10-19(23)20(12-15)26-11-3-4-17(14-26)25-22(28)24-13-21(27)16-6-8-18(29-2)9-7-16/h5-10,12,17,21,27H,3-4,11,13-14H2,1-2H3,(H2,24,25,28). The number of benzene rings is 2. The molecule has 7 heteroatoms. The van der Waals surface area contributed by atoms with E-state index < -0.39 is 6.10 Å². The van der Waals surface area contributed by atoms with Crippen LogP contribution in [0.4, 0.5) is 14.9 Å². The van der Waals surface area contributed by atoms with Crippen LogP contribution in [-0.4, -0.2) is 43.9 Å². The molecule has 3 rings (SSSR count). The lowest BCUT2D eigenvalue weighted by Gasteiger charge is -2.35. The van der Waals surface area contributed by atoms with Crippen LogP contribution in [0.15, 0.2) is 42.5 Å². The van der Waals surface area contributed by atoms with Crippen LogP contribution in [0.2, 0.25) is 0 Å². The van der Waals surface area contributed by atoms with Gasteiger partial charge in [-0.2, -0.15) is 0 Å². The third-order valence-electron chi connectivity index (χ3n) is 5.16. The SMILES string of the molecule is COc1ccc(C(O)CNC(=O)NC2CCCN(c3cc(C)ccc3F)C2)cc1. The molecule has 0 radical (unpaired) electrons. The van der Waals surface area contributed by atoms with Crippen molar-refractivity contribution in [2.75, 3.05) is 31.6 Å². The molecule has 3 N–H and O–H groups in total. The highest BCUT2D eigenvalue weighted by Crippen LogP contribution is 2.24. The number of carbonyl (C=O) groups is 1. The number of halogens is 1. The number of aliphatic hydroxyl groups excluding tert-OH is 1. The number of amides is 2. The van der Waals surface area contributed by atoms with E-state index in [1.807, 2.05) is 17.9 Å². The molecule has 2 atom stereocenters. The fourth-order valence-corrected chi connectivity index (χ4v) is 3.55. The number of nitrogens with zero attached hydrogens (tertiary/aromatic N) is 1. The van der Waals surface area contributed by atoms with E-state index in [4.69, 9.17) is 4.74 Å². The minimum atomic E-state index is -0.809. The van der Waals surface area contributed by atoms with E-state index in [0.29, 0.717) is 23.5 Å². The highest BCUT2D eigenvalue weighted by molar-refractivity contribution is 5.74. The maximum atomic E-state index is 14.2. The third kappa shape index (κ3) is 5.60. The Hall–Kier alpha value is -2.80. The number of urea groups is 1. The second-order valence-corrected chi connectivity index (χ2v) is 7.38. The van der Waals surface area contributed by atoms with E-state index in [0.717, 1.165) is 24.9 Å². The number of aliphatic hydroxyl groups is 1. The second-order valence-electron chi connectivity index (χ2n) is 7.38. The van der Waals surface area contributed by atoms with Crippen molar-refractivity contribution < 1.29 is 19.0 Å². The van der Waals surface area contributed by atoms with Crippen LogP contribution in [0, 0.1) is 12.7 Å². The predicted octanol–water partition coefficient (Wildman–Crippen LogP) is 3.14. The van der Waals surface area contributed by atoms with E-state index in [1.165, 1.54) is 6.07 Å². The summed E-state index contributed by atoms with van der Waals surface area (Å²) in [6, 6.07) is 11.7. The van der Waals surface area contributed by atoms with E-state index in [9.17, 15) is 14.3 Å². The molecule has 1 saturated heterocycles. The van der Waals surface area contributed by atoms with Crippen LogP contribution < -0.4 is 20.3 Å². The third-order valence-corrected chi connectivity index (χ3v) is 5.16. The summed E-state index contributed by atoms with van der Waals surface area (Å²) in [4.78, 5) is 14.2. The zero-order valence-electron chi connectivity index (χ0n) is 16.8. The van der Waals surface area contributed by atoms with Gasteiger partial charge in [-0.1, -0.05) is 18.2 Å². The highest BCUT2D eigenvalue weighted by Gasteiger charge is 2.23. The lowest BCUT2D eigenvalue weighted by Crippen LogP contribution is -2.51. The average molecular weight is 401 g/mol. The first kappa shape index (κ1) is 20.9. The van der Waals surface area contributed by atoms with E-state index in [1.54, 1.807) is 37.4 Å². The summed E-state index contributed by atoms with van der Waals surface area (Å²) < 4.78 is 19.3. The molecule has 6 nitrogen and oxygen atoms in total. The molecule has 0 bridgehead atoms. The van der Waals surface area contributed by atoms with E-state index in [-0.39, 0.29) is 24.4 Å². The molecule has 1 aliphatic heterocycles. The van der Waals surface area contributed by atoms with Gasteiger partial charge in [0.25, 0.3) is 0 Å². The fraction of sp³-hybridized carbons (Fsp3) is 0.409. The molecule has 2 unspecified atom stereocenters. The summed E-state index contributed by atoms with van der Waals surface area (Å²) in [5, 5.41) is 15.9. The zero-order chi connectivity index (χ0) is 20.8. The molecule has 0 aromatic heterocycles. The van der Waals surface area contributed by atoms with Gasteiger partial charge in [-0.15, -0.1) is 0 Å². The lowest BCUT2D eigenvalue weighted by atomic mass is 10.0. The number of methoxy groups -OCH3 is 1. The Bertz CT molecular complexity index is 829. The van der Waals surface area contributed by atoms with Crippen LogP contribution >= 0.6 is 0 Å². The molecule has 2 aromatic carbocycles. The molecule has 2 amide bonds. The van der Waals surface area contributed by atoms with E-state index in [2.05, 4.69) is 10.6 Å². The summed E-state index contributed by atoms with van der Waals surface area (Å²) in [6.07, 6.45) is 0.890. The molecular formula is C22H28FN3O3. The number of hydrogen-bond acceptors (Lipinski definition) is 4. The molecule has 156 valence electrons.